The Morgan fingerprint density at radius 1 is 1.20 bits per heavy atom. The Hall–Kier alpha value is -3.62. The normalized spacial score (nSPS) is 20.6. The quantitative estimate of drug-likeness (QED) is 0.520. The van der Waals surface area contributed by atoms with E-state index in [1.54, 1.807) is 31.2 Å². The Labute approximate surface area is 201 Å². The van der Waals surface area contributed by atoms with Gasteiger partial charge in [0.05, 0.1) is 24.5 Å². The number of nitrogens with zero attached hydrogens (tertiary/aromatic N) is 3. The number of nitrogens with one attached hydrogen (secondary N) is 1. The molecule has 7 nitrogen and oxygen atoms in total. The van der Waals surface area contributed by atoms with Gasteiger partial charge in [-0.3, -0.25) is 9.59 Å². The number of benzene rings is 1. The lowest BCUT2D eigenvalue weighted by Crippen LogP contribution is -2.47. The monoisotopic (exact) mass is 480 g/mol. The lowest BCUT2D eigenvalue weighted by molar-refractivity contribution is -0.138. The number of aromatic nitrogens is 2. The first-order valence-electron chi connectivity index (χ1n) is 11.8. The number of carbonyl (C=O) groups excluding carboxylic acids is 2. The second-order valence-corrected chi connectivity index (χ2v) is 9.18. The number of pyridine rings is 1. The van der Waals surface area contributed by atoms with Gasteiger partial charge < -0.3 is 14.6 Å². The number of hydrogen-bond donors (Lipinski definition) is 1. The third-order valence-electron chi connectivity index (χ3n) is 6.48. The van der Waals surface area contributed by atoms with Gasteiger partial charge in [0.2, 0.25) is 23.7 Å². The van der Waals surface area contributed by atoms with E-state index < -0.39 is 36.0 Å². The van der Waals surface area contributed by atoms with Crippen LogP contribution in [0.5, 0.6) is 0 Å². The fraction of sp³-hybridized carbons (Fsp3) is 0.385. The zero-order valence-corrected chi connectivity index (χ0v) is 19.3. The van der Waals surface area contributed by atoms with Gasteiger partial charge in [-0.2, -0.15) is 4.39 Å². The molecule has 0 radical (unpaired) electrons. The summed E-state index contributed by atoms with van der Waals surface area (Å²) in [6.45, 7) is 1.53. The maximum atomic E-state index is 14.7. The molecule has 1 saturated heterocycles. The topological polar surface area (TPSA) is 88.3 Å². The molecule has 1 aliphatic heterocycles. The number of halogens is 2. The number of likely N-dealkylation sites (tertiary alicyclic amines) is 1. The van der Waals surface area contributed by atoms with Crippen molar-refractivity contribution in [2.45, 2.75) is 56.8 Å². The van der Waals surface area contributed by atoms with E-state index >= 15 is 0 Å². The molecule has 2 aliphatic rings. The Balaban J connectivity index is 1.38. The molecule has 1 aliphatic carbocycles. The van der Waals surface area contributed by atoms with Crippen LogP contribution < -0.4 is 5.32 Å². The standard InChI is InChI=1S/C26H26F2N4O3/c1-15-13-29-22(35-15)12-23(33)32-14-18(27)11-21(32)26(34)31-24(17-5-3-2-4-6-17)20-10-9-19(16-7-8-16)25(28)30-20/h2-6,9-10,13,16,18,21,24H,7-8,11-12,14H2,1H3,(H,31,34)/t18-,21+,24+/m1/s1. The van der Waals surface area contributed by atoms with Crippen molar-refractivity contribution in [3.63, 3.8) is 0 Å². The predicted octanol–water partition coefficient (Wildman–Crippen LogP) is 3.78. The van der Waals surface area contributed by atoms with Crippen LogP contribution in [0.4, 0.5) is 8.78 Å². The van der Waals surface area contributed by atoms with Gasteiger partial charge in [0, 0.05) is 12.0 Å². The zero-order valence-electron chi connectivity index (χ0n) is 19.3. The molecule has 1 N–H and O–H groups in total. The van der Waals surface area contributed by atoms with E-state index in [1.807, 2.05) is 18.2 Å². The maximum Gasteiger partial charge on any atom is 0.243 e. The summed E-state index contributed by atoms with van der Waals surface area (Å²) in [5, 5.41) is 2.89. The molecule has 1 saturated carbocycles. The lowest BCUT2D eigenvalue weighted by Gasteiger charge is -2.26. The van der Waals surface area contributed by atoms with Crippen LogP contribution >= 0.6 is 0 Å². The summed E-state index contributed by atoms with van der Waals surface area (Å²) in [6.07, 6.45) is 1.78. The molecule has 0 bridgehead atoms. The fourth-order valence-corrected chi connectivity index (χ4v) is 4.55. The van der Waals surface area contributed by atoms with Gasteiger partial charge in [0.25, 0.3) is 0 Å². The molecule has 182 valence electrons. The van der Waals surface area contributed by atoms with Gasteiger partial charge in [0.15, 0.2) is 0 Å². The lowest BCUT2D eigenvalue weighted by atomic mass is 10.0. The molecule has 1 aromatic carbocycles. The summed E-state index contributed by atoms with van der Waals surface area (Å²) < 4.78 is 34.5. The van der Waals surface area contributed by atoms with Gasteiger partial charge in [-0.25, -0.2) is 14.4 Å². The average molecular weight is 481 g/mol. The first kappa shape index (κ1) is 23.1. The highest BCUT2D eigenvalue weighted by molar-refractivity contribution is 5.89. The molecule has 0 unspecified atom stereocenters. The summed E-state index contributed by atoms with van der Waals surface area (Å²) in [4.78, 5) is 35.6. The van der Waals surface area contributed by atoms with E-state index in [-0.39, 0.29) is 31.2 Å². The van der Waals surface area contributed by atoms with E-state index in [4.69, 9.17) is 4.42 Å². The Kier molecular flexibility index (Phi) is 6.32. The van der Waals surface area contributed by atoms with Gasteiger partial charge in [-0.15, -0.1) is 0 Å². The smallest absolute Gasteiger partial charge is 0.243 e. The molecule has 2 fully saturated rings. The molecule has 5 rings (SSSR count). The van der Waals surface area contributed by atoms with E-state index in [2.05, 4.69) is 15.3 Å². The van der Waals surface area contributed by atoms with Crippen LogP contribution in [0.25, 0.3) is 0 Å². The Morgan fingerprint density at radius 3 is 2.63 bits per heavy atom. The van der Waals surface area contributed by atoms with Crippen LogP contribution in [0.15, 0.2) is 53.1 Å². The molecular formula is C26H26F2N4O3. The fourth-order valence-electron chi connectivity index (χ4n) is 4.55. The van der Waals surface area contributed by atoms with Crippen molar-refractivity contribution in [2.24, 2.45) is 0 Å². The summed E-state index contributed by atoms with van der Waals surface area (Å²) >= 11 is 0. The molecule has 3 heterocycles. The van der Waals surface area contributed by atoms with Crippen LogP contribution in [0, 0.1) is 12.9 Å². The minimum absolute atomic E-state index is 0.119. The summed E-state index contributed by atoms with van der Waals surface area (Å²) in [6, 6.07) is 10.7. The Morgan fingerprint density at radius 2 is 1.97 bits per heavy atom. The van der Waals surface area contributed by atoms with Crippen molar-refractivity contribution in [3.8, 4) is 0 Å². The number of alkyl halides is 1. The van der Waals surface area contributed by atoms with E-state index in [1.165, 1.54) is 11.1 Å². The summed E-state index contributed by atoms with van der Waals surface area (Å²) in [7, 11) is 0. The van der Waals surface area contributed by atoms with Crippen LogP contribution in [0.3, 0.4) is 0 Å². The summed E-state index contributed by atoms with van der Waals surface area (Å²) in [5.41, 5.74) is 1.63. The van der Waals surface area contributed by atoms with E-state index in [9.17, 15) is 18.4 Å². The minimum atomic E-state index is -1.33. The van der Waals surface area contributed by atoms with Crippen LogP contribution in [0.2, 0.25) is 0 Å². The molecule has 2 aromatic heterocycles. The van der Waals surface area contributed by atoms with Gasteiger partial charge in [-0.05, 0) is 37.3 Å². The van der Waals surface area contributed by atoms with Crippen molar-refractivity contribution < 1.29 is 22.8 Å². The van der Waals surface area contributed by atoms with Crippen molar-refractivity contribution in [2.75, 3.05) is 6.54 Å². The highest BCUT2D eigenvalue weighted by Crippen LogP contribution is 2.41. The average Bonchev–Trinajstić information content (AvgIpc) is 3.49. The highest BCUT2D eigenvalue weighted by atomic mass is 19.1. The molecule has 3 aromatic rings. The maximum absolute atomic E-state index is 14.7. The third-order valence-corrected chi connectivity index (χ3v) is 6.48. The second-order valence-electron chi connectivity index (χ2n) is 9.18. The van der Waals surface area contributed by atoms with Crippen molar-refractivity contribution in [1.82, 2.24) is 20.2 Å². The summed E-state index contributed by atoms with van der Waals surface area (Å²) in [5.74, 6) is -0.529. The number of rotatable bonds is 7. The zero-order chi connectivity index (χ0) is 24.5. The van der Waals surface area contributed by atoms with Crippen molar-refractivity contribution >= 4 is 11.8 Å². The number of amides is 2. The number of carbonyl (C=O) groups is 2. The molecule has 0 spiro atoms. The number of aryl methyl sites for hydroxylation is 1. The molecule has 3 atom stereocenters. The van der Waals surface area contributed by atoms with Gasteiger partial charge in [-0.1, -0.05) is 36.4 Å². The number of oxazole rings is 1. The van der Waals surface area contributed by atoms with Gasteiger partial charge in [0.1, 0.15) is 24.4 Å². The predicted molar refractivity (Wildman–Crippen MR) is 123 cm³/mol. The highest BCUT2D eigenvalue weighted by Gasteiger charge is 2.41. The second kappa shape index (κ2) is 9.56. The van der Waals surface area contributed by atoms with Gasteiger partial charge >= 0.3 is 0 Å². The van der Waals surface area contributed by atoms with Crippen LogP contribution in [-0.4, -0.2) is 45.4 Å². The molecular weight excluding hydrogens is 454 g/mol. The third kappa shape index (κ3) is 5.08. The van der Waals surface area contributed by atoms with E-state index in [0.29, 0.717) is 22.6 Å². The first-order valence-corrected chi connectivity index (χ1v) is 11.8. The molecule has 2 amide bonds. The van der Waals surface area contributed by atoms with E-state index in [0.717, 1.165) is 12.8 Å². The van der Waals surface area contributed by atoms with Crippen LogP contribution in [0.1, 0.15) is 59.7 Å². The minimum Gasteiger partial charge on any atom is -0.445 e. The molecule has 9 heteroatoms. The Bertz CT molecular complexity index is 1230. The molecule has 35 heavy (non-hydrogen) atoms. The first-order chi connectivity index (χ1) is 16.9. The SMILES string of the molecule is Cc1cnc(CC(=O)N2C[C@H](F)C[C@H]2C(=O)N[C@@H](c2ccccc2)c2ccc(C3CC3)c(F)n2)o1. The number of hydrogen-bond acceptors (Lipinski definition) is 5. The van der Waals surface area contributed by atoms with Crippen molar-refractivity contribution in [1.29, 1.82) is 0 Å². The largest absolute Gasteiger partial charge is 0.445 e. The van der Waals surface area contributed by atoms with Crippen LogP contribution in [-0.2, 0) is 16.0 Å². The van der Waals surface area contributed by atoms with Crippen molar-refractivity contribution in [3.05, 3.63) is 83.1 Å².